The van der Waals surface area contributed by atoms with Crippen LogP contribution < -0.4 is 10.6 Å². The second-order valence-electron chi connectivity index (χ2n) is 7.06. The molecular formula is C19H35N5O. The number of guanidine groups is 1. The Hall–Kier alpha value is -1.56. The number of nitrogens with one attached hydrogen (secondary N) is 2. The number of rotatable bonds is 10. The summed E-state index contributed by atoms with van der Waals surface area (Å²) in [4.78, 5) is 4.89. The predicted octanol–water partition coefficient (Wildman–Crippen LogP) is 2.73. The van der Waals surface area contributed by atoms with Gasteiger partial charge in [-0.15, -0.1) is 0 Å². The van der Waals surface area contributed by atoms with E-state index in [2.05, 4.69) is 42.7 Å². The van der Waals surface area contributed by atoms with Gasteiger partial charge in [-0.25, -0.2) is 0 Å². The molecule has 1 saturated carbocycles. The number of aliphatic imine (C=N–C) groups is 1. The van der Waals surface area contributed by atoms with Crippen LogP contribution in [0.15, 0.2) is 17.4 Å². The maximum absolute atomic E-state index is 5.60. The molecular weight excluding hydrogens is 314 g/mol. The molecule has 1 aliphatic rings. The molecule has 0 amide bonds. The van der Waals surface area contributed by atoms with Gasteiger partial charge in [0.05, 0.1) is 12.7 Å². The van der Waals surface area contributed by atoms with Crippen molar-refractivity contribution < 1.29 is 4.74 Å². The lowest BCUT2D eigenvalue weighted by molar-refractivity contribution is 0.107. The number of hydrogen-bond acceptors (Lipinski definition) is 3. The summed E-state index contributed by atoms with van der Waals surface area (Å²) in [5, 5.41) is 11.1. The summed E-state index contributed by atoms with van der Waals surface area (Å²) in [6.07, 6.45) is 10.3. The normalized spacial score (nSPS) is 17.0. The molecule has 142 valence electrons. The molecule has 25 heavy (non-hydrogen) atoms. The summed E-state index contributed by atoms with van der Waals surface area (Å²) in [5.74, 6) is 0.911. The third kappa shape index (κ3) is 6.69. The predicted molar refractivity (Wildman–Crippen MR) is 103 cm³/mol. The Balaban J connectivity index is 1.85. The first-order chi connectivity index (χ1) is 12.2. The second-order valence-corrected chi connectivity index (χ2v) is 7.06. The third-order valence-corrected chi connectivity index (χ3v) is 4.96. The molecule has 0 radical (unpaired) electrons. The Kier molecular flexibility index (Phi) is 8.25. The van der Waals surface area contributed by atoms with E-state index in [0.29, 0.717) is 5.41 Å². The zero-order valence-corrected chi connectivity index (χ0v) is 16.2. The first-order valence-electron chi connectivity index (χ1n) is 9.76. The largest absolute Gasteiger partial charge is 0.382 e. The quantitative estimate of drug-likeness (QED) is 0.387. The van der Waals surface area contributed by atoms with Gasteiger partial charge in [0, 0.05) is 39.0 Å². The van der Waals surface area contributed by atoms with Crippen molar-refractivity contribution in [1.82, 2.24) is 20.4 Å². The van der Waals surface area contributed by atoms with E-state index < -0.39 is 0 Å². The minimum Gasteiger partial charge on any atom is -0.382 e. The zero-order valence-electron chi connectivity index (χ0n) is 16.2. The van der Waals surface area contributed by atoms with Crippen molar-refractivity contribution in [3.8, 4) is 0 Å². The minimum absolute atomic E-state index is 0.330. The summed E-state index contributed by atoms with van der Waals surface area (Å²) in [6.45, 7) is 11.3. The van der Waals surface area contributed by atoms with Crippen molar-refractivity contribution in [3.05, 3.63) is 18.0 Å². The molecule has 0 atom stereocenters. The maximum Gasteiger partial charge on any atom is 0.191 e. The molecule has 0 spiro atoms. The Morgan fingerprint density at radius 2 is 2.12 bits per heavy atom. The van der Waals surface area contributed by atoms with Crippen LogP contribution in [0.1, 0.15) is 51.5 Å². The highest BCUT2D eigenvalue weighted by molar-refractivity contribution is 5.79. The van der Waals surface area contributed by atoms with Crippen LogP contribution in [0.3, 0.4) is 0 Å². The minimum atomic E-state index is 0.330. The van der Waals surface area contributed by atoms with E-state index in [4.69, 9.17) is 9.73 Å². The van der Waals surface area contributed by atoms with E-state index in [1.54, 1.807) is 0 Å². The Morgan fingerprint density at radius 1 is 1.32 bits per heavy atom. The van der Waals surface area contributed by atoms with Gasteiger partial charge >= 0.3 is 0 Å². The number of ether oxygens (including phenoxy) is 1. The summed E-state index contributed by atoms with van der Waals surface area (Å²) in [6, 6.07) is 0. The van der Waals surface area contributed by atoms with Crippen LogP contribution in [0.25, 0.3) is 0 Å². The molecule has 0 bridgehead atoms. The van der Waals surface area contributed by atoms with Crippen molar-refractivity contribution >= 4 is 5.96 Å². The molecule has 1 aromatic heterocycles. The first-order valence-corrected chi connectivity index (χ1v) is 9.76. The summed E-state index contributed by atoms with van der Waals surface area (Å²) >= 11 is 0. The lowest BCUT2D eigenvalue weighted by atomic mass is 9.83. The Morgan fingerprint density at radius 3 is 2.76 bits per heavy atom. The number of hydrogen-bond donors (Lipinski definition) is 2. The molecule has 1 fully saturated rings. The average molecular weight is 350 g/mol. The molecule has 1 aromatic rings. The highest BCUT2D eigenvalue weighted by atomic mass is 16.5. The third-order valence-electron chi connectivity index (χ3n) is 4.96. The lowest BCUT2D eigenvalue weighted by Gasteiger charge is -2.27. The van der Waals surface area contributed by atoms with Gasteiger partial charge in [-0.1, -0.05) is 12.8 Å². The van der Waals surface area contributed by atoms with Crippen LogP contribution in [0.2, 0.25) is 0 Å². The summed E-state index contributed by atoms with van der Waals surface area (Å²) in [7, 11) is 0. The number of aromatic nitrogens is 2. The Labute approximate surface area is 152 Å². The molecule has 1 aliphatic carbocycles. The average Bonchev–Trinajstić information content (AvgIpc) is 3.23. The zero-order chi connectivity index (χ0) is 18.0. The van der Waals surface area contributed by atoms with E-state index in [0.717, 1.165) is 51.8 Å². The van der Waals surface area contributed by atoms with Crippen molar-refractivity contribution in [2.75, 3.05) is 32.8 Å². The molecule has 0 saturated heterocycles. The van der Waals surface area contributed by atoms with E-state index in [1.807, 2.05) is 10.9 Å². The van der Waals surface area contributed by atoms with Crippen LogP contribution in [0, 0.1) is 12.3 Å². The molecule has 6 heteroatoms. The Bertz CT molecular complexity index is 520. The topological polar surface area (TPSA) is 63.5 Å². The monoisotopic (exact) mass is 349 g/mol. The molecule has 0 aliphatic heterocycles. The highest BCUT2D eigenvalue weighted by Gasteiger charge is 2.33. The fourth-order valence-corrected chi connectivity index (χ4v) is 3.51. The molecule has 1 heterocycles. The number of aryl methyl sites for hydroxylation is 1. The van der Waals surface area contributed by atoms with Crippen molar-refractivity contribution in [1.29, 1.82) is 0 Å². The molecule has 2 rings (SSSR count). The van der Waals surface area contributed by atoms with Gasteiger partial charge in [-0.05, 0) is 51.0 Å². The fourth-order valence-electron chi connectivity index (χ4n) is 3.51. The van der Waals surface area contributed by atoms with Crippen molar-refractivity contribution in [2.24, 2.45) is 10.4 Å². The molecule has 6 nitrogen and oxygen atoms in total. The fraction of sp³-hybridized carbons (Fsp3) is 0.789. The first kappa shape index (κ1) is 19.8. The van der Waals surface area contributed by atoms with Crippen molar-refractivity contribution in [2.45, 2.75) is 59.4 Å². The molecule has 2 N–H and O–H groups in total. The number of nitrogens with zero attached hydrogens (tertiary/aromatic N) is 3. The van der Waals surface area contributed by atoms with E-state index in [1.165, 1.54) is 31.2 Å². The smallest absolute Gasteiger partial charge is 0.191 e. The SMILES string of the molecule is CCNC(=NCC1(CCOCC)CCCC1)NCCn1cc(C)cn1. The summed E-state index contributed by atoms with van der Waals surface area (Å²) < 4.78 is 7.57. The van der Waals surface area contributed by atoms with Crippen molar-refractivity contribution in [3.63, 3.8) is 0 Å². The van der Waals surface area contributed by atoms with E-state index in [-0.39, 0.29) is 0 Å². The molecule has 0 unspecified atom stereocenters. The van der Waals surface area contributed by atoms with Gasteiger partial charge in [0.15, 0.2) is 5.96 Å². The van der Waals surface area contributed by atoms with Gasteiger partial charge in [0.1, 0.15) is 0 Å². The van der Waals surface area contributed by atoms with Crippen LogP contribution in [0.4, 0.5) is 0 Å². The molecule has 0 aromatic carbocycles. The summed E-state index contributed by atoms with van der Waals surface area (Å²) in [5.41, 5.74) is 1.52. The van der Waals surface area contributed by atoms with Gasteiger partial charge in [0.2, 0.25) is 0 Å². The van der Waals surface area contributed by atoms with Crippen LogP contribution in [-0.2, 0) is 11.3 Å². The van der Waals surface area contributed by atoms with Gasteiger partial charge in [-0.3, -0.25) is 9.67 Å². The van der Waals surface area contributed by atoms with Crippen LogP contribution >= 0.6 is 0 Å². The lowest BCUT2D eigenvalue weighted by Crippen LogP contribution is -2.40. The highest BCUT2D eigenvalue weighted by Crippen LogP contribution is 2.41. The van der Waals surface area contributed by atoms with Crippen LogP contribution in [0.5, 0.6) is 0 Å². The standard InChI is InChI=1S/C19H35N5O/c1-4-20-18(21-11-12-24-15-17(3)14-23-24)22-16-19(8-6-7-9-19)10-13-25-5-2/h14-15H,4-13,16H2,1-3H3,(H2,20,21,22). The van der Waals surface area contributed by atoms with E-state index >= 15 is 0 Å². The van der Waals surface area contributed by atoms with Gasteiger partial charge in [-0.2, -0.15) is 5.10 Å². The van der Waals surface area contributed by atoms with Gasteiger partial charge in [0.25, 0.3) is 0 Å². The van der Waals surface area contributed by atoms with E-state index in [9.17, 15) is 0 Å². The maximum atomic E-state index is 5.60. The van der Waals surface area contributed by atoms with Gasteiger partial charge < -0.3 is 15.4 Å². The second kappa shape index (κ2) is 10.4. The van der Waals surface area contributed by atoms with Crippen LogP contribution in [-0.4, -0.2) is 48.6 Å².